The van der Waals surface area contributed by atoms with Gasteiger partial charge in [-0.25, -0.2) is 9.37 Å². The second-order valence-corrected chi connectivity index (χ2v) is 7.84. The van der Waals surface area contributed by atoms with Gasteiger partial charge in [0.1, 0.15) is 18.2 Å². The summed E-state index contributed by atoms with van der Waals surface area (Å²) in [5, 5.41) is 0.867. The molecule has 3 aromatic rings. The topological polar surface area (TPSA) is 61.0 Å². The summed E-state index contributed by atoms with van der Waals surface area (Å²) >= 11 is 0. The van der Waals surface area contributed by atoms with Crippen LogP contribution in [0.5, 0.6) is 5.75 Å². The molecule has 27 heavy (non-hydrogen) atoms. The Balaban J connectivity index is 1.85. The lowest BCUT2D eigenvalue weighted by Crippen LogP contribution is -2.43. The lowest BCUT2D eigenvalue weighted by Gasteiger charge is -2.27. The van der Waals surface area contributed by atoms with Crippen LogP contribution in [0.1, 0.15) is 32.9 Å². The van der Waals surface area contributed by atoms with E-state index in [1.165, 1.54) is 12.1 Å². The second kappa shape index (κ2) is 7.61. The van der Waals surface area contributed by atoms with Crippen molar-refractivity contribution in [1.29, 1.82) is 0 Å². The van der Waals surface area contributed by atoms with Crippen LogP contribution in [-0.4, -0.2) is 22.1 Å². The van der Waals surface area contributed by atoms with E-state index >= 15 is 0 Å². The van der Waals surface area contributed by atoms with Gasteiger partial charge in [-0.15, -0.1) is 0 Å². The van der Waals surface area contributed by atoms with Gasteiger partial charge in [0.05, 0.1) is 16.9 Å². The first-order chi connectivity index (χ1) is 12.7. The molecule has 3 rings (SSSR count). The molecule has 2 N–H and O–H groups in total. The van der Waals surface area contributed by atoms with Crippen molar-refractivity contribution in [3.05, 3.63) is 54.1 Å². The number of rotatable bonds is 6. The lowest BCUT2D eigenvalue weighted by molar-refractivity contribution is 0.205. The van der Waals surface area contributed by atoms with Gasteiger partial charge in [0.2, 0.25) is 0 Å². The molecular formula is C22H26FN3O. The Morgan fingerprint density at radius 3 is 2.67 bits per heavy atom. The van der Waals surface area contributed by atoms with E-state index in [1.54, 1.807) is 12.3 Å². The quantitative estimate of drug-likeness (QED) is 0.674. The molecule has 0 aliphatic carbocycles. The average Bonchev–Trinajstić information content (AvgIpc) is 2.58. The molecular weight excluding hydrogens is 341 g/mol. The molecule has 0 fully saturated rings. The molecule has 1 unspecified atom stereocenters. The largest absolute Gasteiger partial charge is 0.490 e. The number of halogens is 1. The zero-order chi connectivity index (χ0) is 19.6. The molecule has 0 aliphatic heterocycles. The van der Waals surface area contributed by atoms with Crippen molar-refractivity contribution in [1.82, 2.24) is 9.97 Å². The van der Waals surface area contributed by atoms with Crippen LogP contribution in [0.3, 0.4) is 0 Å². The SMILES string of the molecule is Cc1nc(-c2ccnc3cc(F)ccc23)ccc1OCC(C)(N)CC(C)C. The third-order valence-electron chi connectivity index (χ3n) is 4.45. The van der Waals surface area contributed by atoms with E-state index in [9.17, 15) is 4.39 Å². The van der Waals surface area contributed by atoms with E-state index in [1.807, 2.05) is 32.0 Å². The Morgan fingerprint density at radius 2 is 1.96 bits per heavy atom. The summed E-state index contributed by atoms with van der Waals surface area (Å²) in [6.07, 6.45) is 2.56. The summed E-state index contributed by atoms with van der Waals surface area (Å²) in [5.41, 5.74) is 9.06. The first-order valence-corrected chi connectivity index (χ1v) is 9.19. The average molecular weight is 367 g/mol. The van der Waals surface area contributed by atoms with E-state index in [0.717, 1.165) is 34.5 Å². The zero-order valence-electron chi connectivity index (χ0n) is 16.3. The number of nitrogens with two attached hydrogens (primary N) is 1. The van der Waals surface area contributed by atoms with Gasteiger partial charge in [-0.1, -0.05) is 13.8 Å². The molecule has 0 spiro atoms. The van der Waals surface area contributed by atoms with Gasteiger partial charge < -0.3 is 10.5 Å². The molecule has 2 heterocycles. The van der Waals surface area contributed by atoms with Gasteiger partial charge >= 0.3 is 0 Å². The van der Waals surface area contributed by atoms with Crippen LogP contribution in [-0.2, 0) is 0 Å². The van der Waals surface area contributed by atoms with Crippen LogP contribution >= 0.6 is 0 Å². The summed E-state index contributed by atoms with van der Waals surface area (Å²) in [7, 11) is 0. The number of pyridine rings is 2. The summed E-state index contributed by atoms with van der Waals surface area (Å²) < 4.78 is 19.4. The number of hydrogen-bond donors (Lipinski definition) is 1. The fraction of sp³-hybridized carbons (Fsp3) is 0.364. The van der Waals surface area contributed by atoms with Gasteiger partial charge in [-0.3, -0.25) is 4.98 Å². The molecule has 2 aromatic heterocycles. The smallest absolute Gasteiger partial charge is 0.140 e. The molecule has 0 saturated heterocycles. The van der Waals surface area contributed by atoms with E-state index in [4.69, 9.17) is 15.5 Å². The standard InChI is InChI=1S/C22H26FN3O/c1-14(2)12-22(4,24)13-27-21-8-7-19(26-15(21)3)18-9-10-25-20-11-16(23)5-6-17(18)20/h5-11,14H,12-13,24H2,1-4H3. The Bertz CT molecular complexity index is 953. The van der Waals surface area contributed by atoms with Gasteiger partial charge in [-0.05, 0) is 56.5 Å². The fourth-order valence-corrected chi connectivity index (χ4v) is 3.43. The number of benzene rings is 1. The van der Waals surface area contributed by atoms with Crippen molar-refractivity contribution in [3.63, 3.8) is 0 Å². The predicted octanol–water partition coefficient (Wildman–Crippen LogP) is 4.89. The van der Waals surface area contributed by atoms with Crippen LogP contribution in [0.25, 0.3) is 22.2 Å². The Morgan fingerprint density at radius 1 is 1.19 bits per heavy atom. The minimum absolute atomic E-state index is 0.300. The molecule has 142 valence electrons. The van der Waals surface area contributed by atoms with E-state index in [2.05, 4.69) is 18.8 Å². The first kappa shape index (κ1) is 19.2. The number of aryl methyl sites for hydroxylation is 1. The second-order valence-electron chi connectivity index (χ2n) is 7.84. The highest BCUT2D eigenvalue weighted by atomic mass is 19.1. The van der Waals surface area contributed by atoms with Gasteiger partial charge in [0.25, 0.3) is 0 Å². The molecule has 1 atom stereocenters. The Labute approximate surface area is 159 Å². The number of ether oxygens (including phenoxy) is 1. The summed E-state index contributed by atoms with van der Waals surface area (Å²) in [4.78, 5) is 8.93. The molecule has 4 nitrogen and oxygen atoms in total. The third kappa shape index (κ3) is 4.61. The molecule has 0 amide bonds. The van der Waals surface area contributed by atoms with Crippen LogP contribution < -0.4 is 10.5 Å². The van der Waals surface area contributed by atoms with Crippen molar-refractivity contribution in [2.24, 2.45) is 11.7 Å². The van der Waals surface area contributed by atoms with Crippen LogP contribution in [0.4, 0.5) is 4.39 Å². The van der Waals surface area contributed by atoms with Gasteiger partial charge in [-0.2, -0.15) is 0 Å². The predicted molar refractivity (Wildman–Crippen MR) is 107 cm³/mol. The van der Waals surface area contributed by atoms with Crippen molar-refractivity contribution in [2.75, 3.05) is 6.61 Å². The zero-order valence-corrected chi connectivity index (χ0v) is 16.3. The monoisotopic (exact) mass is 367 g/mol. The maximum atomic E-state index is 13.5. The van der Waals surface area contributed by atoms with Gasteiger partial charge in [0.15, 0.2) is 0 Å². The number of hydrogen-bond acceptors (Lipinski definition) is 4. The molecule has 1 aromatic carbocycles. The number of fused-ring (bicyclic) bond motifs is 1. The van der Waals surface area contributed by atoms with Crippen molar-refractivity contribution in [2.45, 2.75) is 39.7 Å². The molecule has 0 aliphatic rings. The molecule has 0 bridgehead atoms. The number of nitrogens with zero attached hydrogens (tertiary/aromatic N) is 2. The summed E-state index contributed by atoms with van der Waals surface area (Å²) in [6.45, 7) is 8.66. The van der Waals surface area contributed by atoms with Crippen LogP contribution in [0, 0.1) is 18.7 Å². The highest BCUT2D eigenvalue weighted by Crippen LogP contribution is 2.29. The van der Waals surface area contributed by atoms with Crippen LogP contribution in [0.2, 0.25) is 0 Å². The first-order valence-electron chi connectivity index (χ1n) is 9.19. The number of aromatic nitrogens is 2. The maximum Gasteiger partial charge on any atom is 0.140 e. The molecule has 5 heteroatoms. The summed E-state index contributed by atoms with van der Waals surface area (Å²) in [5.74, 6) is 0.935. The normalized spacial score (nSPS) is 13.7. The highest BCUT2D eigenvalue weighted by Gasteiger charge is 2.21. The lowest BCUT2D eigenvalue weighted by atomic mass is 9.93. The van der Waals surface area contributed by atoms with Crippen molar-refractivity contribution in [3.8, 4) is 17.0 Å². The minimum Gasteiger partial charge on any atom is -0.490 e. The molecule has 0 saturated carbocycles. The van der Waals surface area contributed by atoms with E-state index in [-0.39, 0.29) is 11.4 Å². The minimum atomic E-state index is -0.384. The third-order valence-corrected chi connectivity index (χ3v) is 4.45. The van der Waals surface area contributed by atoms with Crippen LogP contribution in [0.15, 0.2) is 42.6 Å². The summed E-state index contributed by atoms with van der Waals surface area (Å²) in [6, 6.07) is 10.3. The molecule has 0 radical (unpaired) electrons. The van der Waals surface area contributed by atoms with E-state index in [0.29, 0.717) is 18.0 Å². The van der Waals surface area contributed by atoms with Crippen molar-refractivity contribution < 1.29 is 9.13 Å². The van der Waals surface area contributed by atoms with E-state index < -0.39 is 0 Å². The van der Waals surface area contributed by atoms with Gasteiger partial charge in [0, 0.05) is 28.8 Å². The Hall–Kier alpha value is -2.53. The van der Waals surface area contributed by atoms with Crippen molar-refractivity contribution >= 4 is 10.9 Å². The highest BCUT2D eigenvalue weighted by molar-refractivity contribution is 5.93. The Kier molecular flexibility index (Phi) is 5.42. The maximum absolute atomic E-state index is 13.5. The fourth-order valence-electron chi connectivity index (χ4n) is 3.43.